The van der Waals surface area contributed by atoms with E-state index in [1.54, 1.807) is 38.1 Å². The molecule has 0 aliphatic heterocycles. The van der Waals surface area contributed by atoms with E-state index in [0.717, 1.165) is 5.56 Å². The smallest absolute Gasteiger partial charge is 0.337 e. The number of nitrogens with one attached hydrogen (secondary N) is 1. The molecule has 1 unspecified atom stereocenters. The molecule has 0 radical (unpaired) electrons. The standard InChI is InChI=1S/C17H18ClNO4S/c1-11-10-14(17(20)23-3)6-9-16(11)24(21,22)19-12(2)13-4-7-15(18)8-5-13/h4-10,12,19H,1-3H3. The molecule has 0 amide bonds. The first kappa shape index (κ1) is 18.4. The van der Waals surface area contributed by atoms with E-state index in [1.165, 1.54) is 25.3 Å². The van der Waals surface area contributed by atoms with Crippen LogP contribution in [0.2, 0.25) is 5.02 Å². The van der Waals surface area contributed by atoms with Crippen LogP contribution >= 0.6 is 11.6 Å². The minimum absolute atomic E-state index is 0.121. The van der Waals surface area contributed by atoms with Gasteiger partial charge in [0, 0.05) is 11.1 Å². The predicted molar refractivity (Wildman–Crippen MR) is 92.7 cm³/mol. The summed E-state index contributed by atoms with van der Waals surface area (Å²) in [5, 5.41) is 0.586. The summed E-state index contributed by atoms with van der Waals surface area (Å²) in [6.07, 6.45) is 0. The number of rotatable bonds is 5. The molecule has 0 heterocycles. The number of hydrogen-bond acceptors (Lipinski definition) is 4. The normalized spacial score (nSPS) is 12.7. The molecule has 0 spiro atoms. The Labute approximate surface area is 146 Å². The zero-order chi connectivity index (χ0) is 17.9. The molecular formula is C17H18ClNO4S. The van der Waals surface area contributed by atoms with Gasteiger partial charge in [-0.2, -0.15) is 0 Å². The number of carbonyl (C=O) groups is 1. The molecule has 0 aliphatic carbocycles. The van der Waals surface area contributed by atoms with Crippen LogP contribution in [0.15, 0.2) is 47.4 Å². The van der Waals surface area contributed by atoms with Crippen molar-refractivity contribution in [1.29, 1.82) is 0 Å². The van der Waals surface area contributed by atoms with Gasteiger partial charge in [0.1, 0.15) is 0 Å². The van der Waals surface area contributed by atoms with Crippen LogP contribution in [-0.2, 0) is 14.8 Å². The average Bonchev–Trinajstić information content (AvgIpc) is 2.53. The van der Waals surface area contributed by atoms with Crippen molar-refractivity contribution in [1.82, 2.24) is 4.72 Å². The number of ether oxygens (including phenoxy) is 1. The van der Waals surface area contributed by atoms with Gasteiger partial charge in [-0.15, -0.1) is 0 Å². The summed E-state index contributed by atoms with van der Waals surface area (Å²) in [6, 6.07) is 10.8. The van der Waals surface area contributed by atoms with Gasteiger partial charge in [-0.25, -0.2) is 17.9 Å². The van der Waals surface area contributed by atoms with Crippen molar-refractivity contribution in [3.8, 4) is 0 Å². The highest BCUT2D eigenvalue weighted by molar-refractivity contribution is 7.89. The molecule has 0 bridgehead atoms. The molecule has 2 aromatic carbocycles. The molecule has 0 aromatic heterocycles. The van der Waals surface area contributed by atoms with Gasteiger partial charge in [0.25, 0.3) is 0 Å². The van der Waals surface area contributed by atoms with Crippen molar-refractivity contribution >= 4 is 27.6 Å². The van der Waals surface area contributed by atoms with Crippen LogP contribution in [0.25, 0.3) is 0 Å². The molecule has 24 heavy (non-hydrogen) atoms. The Morgan fingerprint density at radius 1 is 1.17 bits per heavy atom. The van der Waals surface area contributed by atoms with E-state index in [-0.39, 0.29) is 4.90 Å². The Bertz CT molecular complexity index is 847. The molecule has 1 atom stereocenters. The number of halogens is 1. The number of sulfonamides is 1. The molecule has 0 aliphatic rings. The first-order valence-corrected chi connectivity index (χ1v) is 9.07. The highest BCUT2D eigenvalue weighted by Gasteiger charge is 2.21. The number of aryl methyl sites for hydroxylation is 1. The Kier molecular flexibility index (Phi) is 5.64. The van der Waals surface area contributed by atoms with Crippen LogP contribution in [0.3, 0.4) is 0 Å². The predicted octanol–water partition coefficient (Wildman–Crippen LogP) is 3.47. The average molecular weight is 368 g/mol. The number of methoxy groups -OCH3 is 1. The van der Waals surface area contributed by atoms with Crippen LogP contribution in [0.1, 0.15) is 34.5 Å². The summed E-state index contributed by atoms with van der Waals surface area (Å²) in [7, 11) is -2.46. The third kappa shape index (κ3) is 4.14. The highest BCUT2D eigenvalue weighted by atomic mass is 35.5. The van der Waals surface area contributed by atoms with E-state index in [2.05, 4.69) is 9.46 Å². The molecule has 1 N–H and O–H groups in total. The Balaban J connectivity index is 2.27. The Morgan fingerprint density at radius 3 is 2.33 bits per heavy atom. The summed E-state index contributed by atoms with van der Waals surface area (Å²) in [6.45, 7) is 3.38. The van der Waals surface area contributed by atoms with Crippen molar-refractivity contribution in [3.05, 3.63) is 64.2 Å². The second kappa shape index (κ2) is 7.34. The number of benzene rings is 2. The molecule has 2 aromatic rings. The summed E-state index contributed by atoms with van der Waals surface area (Å²) in [4.78, 5) is 11.6. The summed E-state index contributed by atoms with van der Waals surface area (Å²) in [5.41, 5.74) is 1.57. The third-order valence-corrected chi connectivity index (χ3v) is 5.54. The minimum Gasteiger partial charge on any atom is -0.465 e. The van der Waals surface area contributed by atoms with Crippen molar-refractivity contribution < 1.29 is 17.9 Å². The van der Waals surface area contributed by atoms with Crippen LogP contribution in [-0.4, -0.2) is 21.5 Å². The zero-order valence-electron chi connectivity index (χ0n) is 13.5. The minimum atomic E-state index is -3.73. The van der Waals surface area contributed by atoms with Gasteiger partial charge in [0.05, 0.1) is 17.6 Å². The van der Waals surface area contributed by atoms with Crippen molar-refractivity contribution in [2.75, 3.05) is 7.11 Å². The van der Waals surface area contributed by atoms with Crippen LogP contribution in [0, 0.1) is 6.92 Å². The van der Waals surface area contributed by atoms with E-state index in [1.807, 2.05) is 0 Å². The lowest BCUT2D eigenvalue weighted by Crippen LogP contribution is -2.27. The fourth-order valence-electron chi connectivity index (χ4n) is 2.31. The van der Waals surface area contributed by atoms with E-state index in [9.17, 15) is 13.2 Å². The van der Waals surface area contributed by atoms with Gasteiger partial charge in [-0.05, 0) is 55.3 Å². The van der Waals surface area contributed by atoms with Crippen LogP contribution in [0.5, 0.6) is 0 Å². The maximum Gasteiger partial charge on any atom is 0.337 e. The maximum atomic E-state index is 12.6. The van der Waals surface area contributed by atoms with Crippen molar-refractivity contribution in [3.63, 3.8) is 0 Å². The quantitative estimate of drug-likeness (QED) is 0.821. The van der Waals surface area contributed by atoms with Crippen molar-refractivity contribution in [2.24, 2.45) is 0 Å². The van der Waals surface area contributed by atoms with Gasteiger partial charge in [-0.1, -0.05) is 23.7 Å². The molecule has 0 saturated carbocycles. The van der Waals surface area contributed by atoms with E-state index >= 15 is 0 Å². The lowest BCUT2D eigenvalue weighted by Gasteiger charge is -2.16. The Hall–Kier alpha value is -1.89. The molecular weight excluding hydrogens is 350 g/mol. The maximum absolute atomic E-state index is 12.6. The zero-order valence-corrected chi connectivity index (χ0v) is 15.1. The highest BCUT2D eigenvalue weighted by Crippen LogP contribution is 2.22. The van der Waals surface area contributed by atoms with Gasteiger partial charge in [0.2, 0.25) is 10.0 Å². The van der Waals surface area contributed by atoms with Crippen LogP contribution < -0.4 is 4.72 Å². The summed E-state index contributed by atoms with van der Waals surface area (Å²) < 4.78 is 32.5. The second-order valence-electron chi connectivity index (χ2n) is 5.37. The van der Waals surface area contributed by atoms with Crippen molar-refractivity contribution in [2.45, 2.75) is 24.8 Å². The first-order valence-electron chi connectivity index (χ1n) is 7.21. The molecule has 0 fully saturated rings. The van der Waals surface area contributed by atoms with Gasteiger partial charge in [0.15, 0.2) is 0 Å². The summed E-state index contributed by atoms with van der Waals surface area (Å²) >= 11 is 5.84. The second-order valence-corrected chi connectivity index (χ2v) is 7.49. The molecule has 128 valence electrons. The van der Waals surface area contributed by atoms with Gasteiger partial charge < -0.3 is 4.74 Å². The lowest BCUT2D eigenvalue weighted by atomic mass is 10.1. The molecule has 2 rings (SSSR count). The number of esters is 1. The fourth-order valence-corrected chi connectivity index (χ4v) is 3.90. The van der Waals surface area contributed by atoms with E-state index < -0.39 is 22.0 Å². The SMILES string of the molecule is COC(=O)c1ccc(S(=O)(=O)NC(C)c2ccc(Cl)cc2)c(C)c1. The molecule has 0 saturated heterocycles. The molecule has 7 heteroatoms. The Morgan fingerprint density at radius 2 is 1.79 bits per heavy atom. The monoisotopic (exact) mass is 367 g/mol. The fraction of sp³-hybridized carbons (Fsp3) is 0.235. The third-order valence-electron chi connectivity index (χ3n) is 3.59. The summed E-state index contributed by atoms with van der Waals surface area (Å²) in [5.74, 6) is -0.510. The van der Waals surface area contributed by atoms with Crippen LogP contribution in [0.4, 0.5) is 0 Å². The van der Waals surface area contributed by atoms with Gasteiger partial charge in [-0.3, -0.25) is 0 Å². The van der Waals surface area contributed by atoms with Gasteiger partial charge >= 0.3 is 5.97 Å². The first-order chi connectivity index (χ1) is 11.2. The van der Waals surface area contributed by atoms with E-state index in [4.69, 9.17) is 11.6 Å². The number of hydrogen-bond donors (Lipinski definition) is 1. The number of carbonyl (C=O) groups excluding carboxylic acids is 1. The molecule has 5 nitrogen and oxygen atoms in total. The lowest BCUT2D eigenvalue weighted by molar-refractivity contribution is 0.0600. The van der Waals surface area contributed by atoms with E-state index in [0.29, 0.717) is 16.1 Å². The topological polar surface area (TPSA) is 72.5 Å². The largest absolute Gasteiger partial charge is 0.465 e.